The van der Waals surface area contributed by atoms with Gasteiger partial charge in [0.2, 0.25) is 0 Å². The van der Waals surface area contributed by atoms with Crippen LogP contribution in [0.1, 0.15) is 35.0 Å². The number of halogens is 3. The van der Waals surface area contributed by atoms with Gasteiger partial charge in [0.05, 0.1) is 18.2 Å². The van der Waals surface area contributed by atoms with Crippen LogP contribution < -0.4 is 0 Å². The number of ether oxygens (including phenoxy) is 1. The molecule has 6 heteroatoms. The summed E-state index contributed by atoms with van der Waals surface area (Å²) in [5.41, 5.74) is 0.134. The van der Waals surface area contributed by atoms with Crippen LogP contribution in [0.5, 0.6) is 0 Å². The summed E-state index contributed by atoms with van der Waals surface area (Å²) in [6.07, 6.45) is -3.32. The summed E-state index contributed by atoms with van der Waals surface area (Å²) in [6.45, 7) is 1.88. The Hall–Kier alpha value is -2.11. The largest absolute Gasteiger partial charge is 0.465 e. The zero-order valence-electron chi connectivity index (χ0n) is 11.6. The highest BCUT2D eigenvalue weighted by Gasteiger charge is 2.33. The fraction of sp³-hybridized carbons (Fsp3) is 0.333. The van der Waals surface area contributed by atoms with Gasteiger partial charge in [0.25, 0.3) is 0 Å². The van der Waals surface area contributed by atoms with Crippen LogP contribution in [0.15, 0.2) is 24.3 Å². The molecule has 2 rings (SSSR count). The van der Waals surface area contributed by atoms with Crippen molar-refractivity contribution >= 4 is 16.9 Å². The van der Waals surface area contributed by atoms with Gasteiger partial charge in [-0.15, -0.1) is 0 Å². The predicted molar refractivity (Wildman–Crippen MR) is 72.1 cm³/mol. The van der Waals surface area contributed by atoms with Gasteiger partial charge in [-0.25, -0.2) is 9.78 Å². The number of pyridine rings is 1. The normalized spacial score (nSPS) is 11.7. The molecule has 0 saturated carbocycles. The highest BCUT2D eigenvalue weighted by molar-refractivity contribution is 5.95. The molecule has 0 fully saturated rings. The maximum Gasteiger partial charge on any atom is 0.433 e. The topological polar surface area (TPSA) is 39.2 Å². The number of aromatic nitrogens is 1. The number of nitrogens with zero attached hydrogens (tertiary/aromatic N) is 1. The lowest BCUT2D eigenvalue weighted by atomic mass is 10.0. The lowest BCUT2D eigenvalue weighted by molar-refractivity contribution is -0.141. The average molecular weight is 297 g/mol. The van der Waals surface area contributed by atoms with Crippen LogP contribution in [-0.4, -0.2) is 18.1 Å². The molecule has 0 aliphatic rings. The van der Waals surface area contributed by atoms with Gasteiger partial charge in [-0.1, -0.05) is 13.3 Å². The molecule has 1 aromatic carbocycles. The Kier molecular flexibility index (Phi) is 4.16. The van der Waals surface area contributed by atoms with Crippen LogP contribution in [0.4, 0.5) is 13.2 Å². The molecule has 1 heterocycles. The Morgan fingerprint density at radius 3 is 2.57 bits per heavy atom. The van der Waals surface area contributed by atoms with Crippen molar-refractivity contribution in [2.24, 2.45) is 0 Å². The second-order valence-electron chi connectivity index (χ2n) is 4.64. The Bertz CT molecular complexity index is 680. The number of fused-ring (bicyclic) bond motifs is 1. The Morgan fingerprint density at radius 2 is 2.00 bits per heavy atom. The van der Waals surface area contributed by atoms with Crippen LogP contribution in [0.2, 0.25) is 0 Å². The van der Waals surface area contributed by atoms with Gasteiger partial charge in [0.1, 0.15) is 5.69 Å². The third kappa shape index (κ3) is 3.15. The molecule has 0 bridgehead atoms. The second kappa shape index (κ2) is 5.71. The molecule has 3 nitrogen and oxygen atoms in total. The monoisotopic (exact) mass is 297 g/mol. The number of carbonyl (C=O) groups excluding carboxylic acids is 1. The molecular formula is C15H14F3NO2. The van der Waals surface area contributed by atoms with E-state index in [2.05, 4.69) is 9.72 Å². The summed E-state index contributed by atoms with van der Waals surface area (Å²) >= 11 is 0. The van der Waals surface area contributed by atoms with Crippen LogP contribution in [0.25, 0.3) is 10.9 Å². The van der Waals surface area contributed by atoms with E-state index in [-0.39, 0.29) is 5.52 Å². The molecule has 0 N–H and O–H groups in total. The first-order valence-electron chi connectivity index (χ1n) is 6.46. The summed E-state index contributed by atoms with van der Waals surface area (Å²) in [5, 5.41) is 0.549. The van der Waals surface area contributed by atoms with E-state index < -0.39 is 17.8 Å². The van der Waals surface area contributed by atoms with Crippen molar-refractivity contribution in [2.45, 2.75) is 25.9 Å². The van der Waals surface area contributed by atoms with E-state index >= 15 is 0 Å². The summed E-state index contributed by atoms with van der Waals surface area (Å²) < 4.78 is 43.2. The number of benzene rings is 1. The molecule has 0 saturated heterocycles. The van der Waals surface area contributed by atoms with E-state index in [0.717, 1.165) is 6.07 Å². The van der Waals surface area contributed by atoms with Crippen molar-refractivity contribution in [3.63, 3.8) is 0 Å². The summed E-state index contributed by atoms with van der Waals surface area (Å²) in [4.78, 5) is 15.2. The van der Waals surface area contributed by atoms with E-state index in [4.69, 9.17) is 0 Å². The number of esters is 1. The van der Waals surface area contributed by atoms with E-state index in [0.29, 0.717) is 29.4 Å². The summed E-state index contributed by atoms with van der Waals surface area (Å²) in [6, 6.07) is 5.40. The maximum atomic E-state index is 12.9. The fourth-order valence-corrected chi connectivity index (χ4v) is 2.16. The highest BCUT2D eigenvalue weighted by Crippen LogP contribution is 2.31. The molecule has 0 spiro atoms. The lowest BCUT2D eigenvalue weighted by Gasteiger charge is -2.12. The molecule has 0 aliphatic carbocycles. The average Bonchev–Trinajstić information content (AvgIpc) is 2.45. The quantitative estimate of drug-likeness (QED) is 0.804. The third-order valence-electron chi connectivity index (χ3n) is 3.13. The Morgan fingerprint density at radius 1 is 1.29 bits per heavy atom. The molecule has 0 unspecified atom stereocenters. The first-order valence-corrected chi connectivity index (χ1v) is 6.46. The molecule has 0 atom stereocenters. The Labute approximate surface area is 119 Å². The number of methoxy groups -OCH3 is 1. The van der Waals surface area contributed by atoms with Crippen LogP contribution in [0, 0.1) is 0 Å². The van der Waals surface area contributed by atoms with Crippen molar-refractivity contribution in [3.05, 3.63) is 41.1 Å². The zero-order chi connectivity index (χ0) is 15.6. The number of alkyl halides is 3. The molecule has 112 valence electrons. The highest BCUT2D eigenvalue weighted by atomic mass is 19.4. The minimum atomic E-state index is -4.49. The van der Waals surface area contributed by atoms with Crippen molar-refractivity contribution in [1.29, 1.82) is 0 Å². The van der Waals surface area contributed by atoms with Crippen molar-refractivity contribution in [3.8, 4) is 0 Å². The molecule has 21 heavy (non-hydrogen) atoms. The molecular weight excluding hydrogens is 283 g/mol. The second-order valence-corrected chi connectivity index (χ2v) is 4.64. The number of aryl methyl sites for hydroxylation is 1. The van der Waals surface area contributed by atoms with Gasteiger partial charge in [-0.3, -0.25) is 0 Å². The lowest BCUT2D eigenvalue weighted by Crippen LogP contribution is -2.10. The number of carbonyl (C=O) groups is 1. The van der Waals surface area contributed by atoms with Crippen LogP contribution in [0.3, 0.4) is 0 Å². The maximum absolute atomic E-state index is 12.9. The van der Waals surface area contributed by atoms with E-state index in [1.165, 1.54) is 25.3 Å². The predicted octanol–water partition coefficient (Wildman–Crippen LogP) is 3.99. The van der Waals surface area contributed by atoms with Gasteiger partial charge < -0.3 is 4.74 Å². The minimum Gasteiger partial charge on any atom is -0.465 e. The number of hydrogen-bond acceptors (Lipinski definition) is 3. The van der Waals surface area contributed by atoms with E-state index in [1.54, 1.807) is 0 Å². The van der Waals surface area contributed by atoms with E-state index in [9.17, 15) is 18.0 Å². The minimum absolute atomic E-state index is 0.223. The first kappa shape index (κ1) is 15.3. The summed E-state index contributed by atoms with van der Waals surface area (Å²) in [5.74, 6) is -0.528. The van der Waals surface area contributed by atoms with Gasteiger partial charge in [0.15, 0.2) is 0 Å². The van der Waals surface area contributed by atoms with Crippen LogP contribution in [-0.2, 0) is 17.3 Å². The first-order chi connectivity index (χ1) is 9.86. The molecule has 2 aromatic rings. The molecule has 0 amide bonds. The smallest absolute Gasteiger partial charge is 0.433 e. The fourth-order valence-electron chi connectivity index (χ4n) is 2.16. The van der Waals surface area contributed by atoms with Crippen molar-refractivity contribution in [1.82, 2.24) is 4.98 Å². The van der Waals surface area contributed by atoms with Gasteiger partial charge >= 0.3 is 12.1 Å². The van der Waals surface area contributed by atoms with E-state index in [1.807, 2.05) is 6.92 Å². The number of hydrogen-bond donors (Lipinski definition) is 0. The van der Waals surface area contributed by atoms with Gasteiger partial charge in [-0.2, -0.15) is 13.2 Å². The molecule has 0 aliphatic heterocycles. The Balaban J connectivity index is 2.67. The standard InChI is InChI=1S/C15H14F3NO2/c1-3-4-9-8-13(15(16,17)18)19-12-6-5-10(7-11(9)12)14(20)21-2/h5-8H,3-4H2,1-2H3. The molecule has 1 aromatic heterocycles. The van der Waals surface area contributed by atoms with Crippen molar-refractivity contribution < 1.29 is 22.7 Å². The van der Waals surface area contributed by atoms with Crippen molar-refractivity contribution in [2.75, 3.05) is 7.11 Å². The third-order valence-corrected chi connectivity index (χ3v) is 3.13. The number of rotatable bonds is 3. The van der Waals surface area contributed by atoms with Crippen LogP contribution >= 0.6 is 0 Å². The van der Waals surface area contributed by atoms with Gasteiger partial charge in [0, 0.05) is 5.39 Å². The molecule has 0 radical (unpaired) electrons. The van der Waals surface area contributed by atoms with Gasteiger partial charge in [-0.05, 0) is 36.2 Å². The summed E-state index contributed by atoms with van der Waals surface area (Å²) in [7, 11) is 1.25. The zero-order valence-corrected chi connectivity index (χ0v) is 11.6. The SMILES string of the molecule is CCCc1cc(C(F)(F)F)nc2ccc(C(=O)OC)cc12.